The molecule has 0 aliphatic heterocycles. The smallest absolute Gasteiger partial charge is 0.462 e. The van der Waals surface area contributed by atoms with Gasteiger partial charge in [0.2, 0.25) is 0 Å². The largest absolute Gasteiger partial charge is 0.469 e. The predicted molar refractivity (Wildman–Crippen MR) is 179 cm³/mol. The van der Waals surface area contributed by atoms with E-state index in [0.29, 0.717) is 6.42 Å². The lowest BCUT2D eigenvalue weighted by Gasteiger charge is -2.18. The Labute approximate surface area is 269 Å². The summed E-state index contributed by atoms with van der Waals surface area (Å²) in [6.45, 7) is 3.65. The molecule has 0 aliphatic rings. The van der Waals surface area contributed by atoms with Crippen molar-refractivity contribution in [3.05, 3.63) is 12.2 Å². The molecule has 0 aliphatic carbocycles. The van der Waals surface area contributed by atoms with E-state index in [2.05, 4.69) is 30.5 Å². The Balaban J connectivity index is 3.99. The number of phosphoric acid groups is 1. The molecule has 9 heteroatoms. The molecule has 1 atom stereocenters. The highest BCUT2D eigenvalue weighted by atomic mass is 31.2. The number of ether oxygens (including phenoxy) is 2. The topological polar surface area (TPSA) is 119 Å². The molecule has 260 valence electrons. The van der Waals surface area contributed by atoms with Gasteiger partial charge in [0.15, 0.2) is 6.10 Å². The summed E-state index contributed by atoms with van der Waals surface area (Å²) in [6.07, 6.45) is 32.1. The highest BCUT2D eigenvalue weighted by molar-refractivity contribution is 7.46. The number of carbonyl (C=O) groups is 2. The van der Waals surface area contributed by atoms with Crippen LogP contribution in [-0.2, 0) is 28.2 Å². The molecule has 0 heterocycles. The molecule has 44 heavy (non-hydrogen) atoms. The number of phosphoric ester groups is 1. The standard InChI is InChI=1S/C35H67O8P/c1-3-5-7-9-11-13-15-17-18-20-22-24-26-28-30-35(37)43-33(32-42-44(38,39)40)31-41-34(36)29-27-25-23-21-19-16-14-12-10-8-6-4-2/h15,17,33H,3-14,16,18-32H2,1-2H3,(H2,38,39,40)/b17-15-/t33-/m0/s1. The number of hydrogen-bond donors (Lipinski definition) is 2. The summed E-state index contributed by atoms with van der Waals surface area (Å²) in [5.74, 6) is -0.890. The summed E-state index contributed by atoms with van der Waals surface area (Å²) < 4.78 is 26.2. The molecule has 0 saturated carbocycles. The van der Waals surface area contributed by atoms with Crippen molar-refractivity contribution in [2.75, 3.05) is 13.2 Å². The van der Waals surface area contributed by atoms with Crippen molar-refractivity contribution in [1.82, 2.24) is 0 Å². The van der Waals surface area contributed by atoms with Crippen LogP contribution in [0.15, 0.2) is 12.2 Å². The maximum atomic E-state index is 12.3. The lowest BCUT2D eigenvalue weighted by atomic mass is 10.0. The van der Waals surface area contributed by atoms with Crippen LogP contribution < -0.4 is 0 Å². The summed E-state index contributed by atoms with van der Waals surface area (Å²) in [7, 11) is -4.74. The van der Waals surface area contributed by atoms with Gasteiger partial charge in [0.05, 0.1) is 6.61 Å². The summed E-state index contributed by atoms with van der Waals surface area (Å²) >= 11 is 0. The Morgan fingerprint density at radius 3 is 1.39 bits per heavy atom. The van der Waals surface area contributed by atoms with E-state index in [0.717, 1.165) is 51.4 Å². The monoisotopic (exact) mass is 646 g/mol. The maximum absolute atomic E-state index is 12.3. The van der Waals surface area contributed by atoms with Crippen LogP contribution in [0, 0.1) is 0 Å². The summed E-state index contributed by atoms with van der Waals surface area (Å²) in [4.78, 5) is 42.6. The second-order valence-corrected chi connectivity index (χ2v) is 13.4. The molecule has 8 nitrogen and oxygen atoms in total. The zero-order valence-corrected chi connectivity index (χ0v) is 29.2. The van der Waals surface area contributed by atoms with Crippen LogP contribution in [0.2, 0.25) is 0 Å². The number of allylic oxidation sites excluding steroid dienone is 2. The fourth-order valence-corrected chi connectivity index (χ4v) is 5.43. The first-order valence-electron chi connectivity index (χ1n) is 18.0. The third-order valence-electron chi connectivity index (χ3n) is 7.78. The molecule has 0 bridgehead atoms. The SMILES string of the molecule is CCCCCCC/C=C\CCCCCCCC(=O)O[C@@H](COC(=O)CCCCCCCCCCCCCC)COP(=O)(O)O. The lowest BCUT2D eigenvalue weighted by molar-refractivity contribution is -0.161. The molecule has 0 aromatic rings. The third-order valence-corrected chi connectivity index (χ3v) is 8.27. The number of esters is 2. The summed E-state index contributed by atoms with van der Waals surface area (Å²) in [5, 5.41) is 0. The van der Waals surface area contributed by atoms with Crippen molar-refractivity contribution in [2.45, 2.75) is 187 Å². The Hall–Kier alpha value is -1.21. The van der Waals surface area contributed by atoms with Gasteiger partial charge < -0.3 is 19.3 Å². The lowest BCUT2D eigenvalue weighted by Crippen LogP contribution is -2.29. The van der Waals surface area contributed by atoms with Crippen LogP contribution in [0.4, 0.5) is 0 Å². The first-order chi connectivity index (χ1) is 21.3. The number of unbranched alkanes of at least 4 members (excludes halogenated alkanes) is 21. The van der Waals surface area contributed by atoms with Gasteiger partial charge in [-0.15, -0.1) is 0 Å². The molecule has 0 amide bonds. The van der Waals surface area contributed by atoms with Crippen LogP contribution in [-0.4, -0.2) is 41.0 Å². The predicted octanol–water partition coefficient (Wildman–Crippen LogP) is 10.3. The number of rotatable bonds is 33. The van der Waals surface area contributed by atoms with E-state index in [9.17, 15) is 14.2 Å². The van der Waals surface area contributed by atoms with E-state index >= 15 is 0 Å². The van der Waals surface area contributed by atoms with Gasteiger partial charge in [0.25, 0.3) is 0 Å². The number of carbonyl (C=O) groups excluding carboxylic acids is 2. The van der Waals surface area contributed by atoms with Crippen molar-refractivity contribution in [2.24, 2.45) is 0 Å². The minimum absolute atomic E-state index is 0.206. The highest BCUT2D eigenvalue weighted by Gasteiger charge is 2.22. The molecule has 2 N–H and O–H groups in total. The van der Waals surface area contributed by atoms with Crippen molar-refractivity contribution in [1.29, 1.82) is 0 Å². The maximum Gasteiger partial charge on any atom is 0.469 e. The van der Waals surface area contributed by atoms with Crippen LogP contribution in [0.25, 0.3) is 0 Å². The Morgan fingerprint density at radius 2 is 0.955 bits per heavy atom. The second-order valence-electron chi connectivity index (χ2n) is 12.2. The molecule has 0 fully saturated rings. The van der Waals surface area contributed by atoms with Gasteiger partial charge in [-0.1, -0.05) is 142 Å². The van der Waals surface area contributed by atoms with E-state index in [1.165, 1.54) is 96.3 Å². The summed E-state index contributed by atoms with van der Waals surface area (Å²) in [6, 6.07) is 0. The van der Waals surface area contributed by atoms with Gasteiger partial charge in [-0.05, 0) is 38.5 Å². The van der Waals surface area contributed by atoms with Crippen LogP contribution in [0.3, 0.4) is 0 Å². The normalized spacial score (nSPS) is 12.5. The van der Waals surface area contributed by atoms with E-state index < -0.39 is 32.5 Å². The van der Waals surface area contributed by atoms with Crippen molar-refractivity contribution < 1.29 is 37.9 Å². The van der Waals surface area contributed by atoms with E-state index in [1.54, 1.807) is 0 Å². The molecule has 0 radical (unpaired) electrons. The van der Waals surface area contributed by atoms with Crippen molar-refractivity contribution >= 4 is 19.8 Å². The first kappa shape index (κ1) is 42.8. The molecule has 0 spiro atoms. The van der Waals surface area contributed by atoms with Crippen LogP contribution in [0.5, 0.6) is 0 Å². The fraction of sp³-hybridized carbons (Fsp3) is 0.886. The van der Waals surface area contributed by atoms with Crippen molar-refractivity contribution in [3.8, 4) is 0 Å². The van der Waals surface area contributed by atoms with Gasteiger partial charge in [-0.3, -0.25) is 14.1 Å². The fourth-order valence-electron chi connectivity index (χ4n) is 5.07. The van der Waals surface area contributed by atoms with Crippen LogP contribution >= 0.6 is 7.82 Å². The van der Waals surface area contributed by atoms with Gasteiger partial charge in [-0.25, -0.2) is 4.57 Å². The minimum Gasteiger partial charge on any atom is -0.462 e. The molecule has 0 unspecified atom stereocenters. The van der Waals surface area contributed by atoms with Crippen molar-refractivity contribution in [3.63, 3.8) is 0 Å². The number of hydrogen-bond acceptors (Lipinski definition) is 6. The molecule has 0 aromatic carbocycles. The average molecular weight is 647 g/mol. The highest BCUT2D eigenvalue weighted by Crippen LogP contribution is 2.36. The Morgan fingerprint density at radius 1 is 0.568 bits per heavy atom. The average Bonchev–Trinajstić information content (AvgIpc) is 2.98. The van der Waals surface area contributed by atoms with Gasteiger partial charge in [0, 0.05) is 12.8 Å². The molecule has 0 rings (SSSR count). The van der Waals surface area contributed by atoms with Gasteiger partial charge in [-0.2, -0.15) is 0 Å². The molecular formula is C35H67O8P. The zero-order chi connectivity index (χ0) is 32.6. The first-order valence-corrected chi connectivity index (χ1v) is 19.5. The summed E-state index contributed by atoms with van der Waals surface area (Å²) in [5.41, 5.74) is 0. The van der Waals surface area contributed by atoms with E-state index in [4.69, 9.17) is 19.3 Å². The van der Waals surface area contributed by atoms with E-state index in [1.807, 2.05) is 0 Å². The molecule has 0 aromatic heterocycles. The van der Waals surface area contributed by atoms with Gasteiger partial charge in [0.1, 0.15) is 6.61 Å². The Kier molecular flexibility index (Phi) is 30.9. The third kappa shape index (κ3) is 33.7. The zero-order valence-electron chi connectivity index (χ0n) is 28.3. The molecular weight excluding hydrogens is 579 g/mol. The van der Waals surface area contributed by atoms with E-state index in [-0.39, 0.29) is 19.4 Å². The minimum atomic E-state index is -4.74. The molecule has 0 saturated heterocycles. The second kappa shape index (κ2) is 31.8. The van der Waals surface area contributed by atoms with Crippen LogP contribution in [0.1, 0.15) is 181 Å². The Bertz CT molecular complexity index is 736. The quantitative estimate of drug-likeness (QED) is 0.0313. The van der Waals surface area contributed by atoms with Gasteiger partial charge >= 0.3 is 19.8 Å².